The molecule has 1 saturated heterocycles. The van der Waals surface area contributed by atoms with Crippen molar-refractivity contribution in [2.75, 3.05) is 7.11 Å². The van der Waals surface area contributed by atoms with E-state index < -0.39 is 30.7 Å². The monoisotopic (exact) mass is 192 g/mol. The second kappa shape index (κ2) is 4.34. The van der Waals surface area contributed by atoms with E-state index in [0.717, 1.165) is 0 Å². The summed E-state index contributed by atoms with van der Waals surface area (Å²) in [6, 6.07) is 0. The summed E-state index contributed by atoms with van der Waals surface area (Å²) < 4.78 is 10.0. The lowest BCUT2D eigenvalue weighted by atomic mass is 9.97. The third-order valence-electron chi connectivity index (χ3n) is 2.30. The predicted molar refractivity (Wildman–Crippen MR) is 44.0 cm³/mol. The summed E-state index contributed by atoms with van der Waals surface area (Å²) in [7, 11) is 1.38. The molecule has 1 aliphatic rings. The number of rotatable bonds is 2. The molecule has 0 unspecified atom stereocenters. The summed E-state index contributed by atoms with van der Waals surface area (Å²) >= 11 is 0. The fourth-order valence-electron chi connectivity index (χ4n) is 1.45. The van der Waals surface area contributed by atoms with Crippen LogP contribution in [0, 0.1) is 0 Å². The van der Waals surface area contributed by atoms with Gasteiger partial charge >= 0.3 is 0 Å². The minimum Gasteiger partial charge on any atom is -0.388 e. The van der Waals surface area contributed by atoms with E-state index in [1.807, 2.05) is 6.92 Å². The molecular weight excluding hydrogens is 176 g/mol. The smallest absolute Gasteiger partial charge is 0.186 e. The molecule has 1 fully saturated rings. The highest BCUT2D eigenvalue weighted by Gasteiger charge is 2.42. The zero-order valence-electron chi connectivity index (χ0n) is 7.75. The van der Waals surface area contributed by atoms with Crippen LogP contribution in [0.5, 0.6) is 0 Å². The molecule has 0 aromatic carbocycles. The SMILES string of the molecule is CC[C@H]1O[C@@H](OC)[C@H](O)[C@@H](O)[C@@H]1O. The van der Waals surface area contributed by atoms with Crippen LogP contribution in [-0.4, -0.2) is 53.1 Å². The molecule has 5 atom stereocenters. The van der Waals surface area contributed by atoms with Crippen LogP contribution >= 0.6 is 0 Å². The molecule has 0 aromatic rings. The summed E-state index contributed by atoms with van der Waals surface area (Å²) in [5.74, 6) is 0. The third kappa shape index (κ3) is 2.00. The number of methoxy groups -OCH3 is 1. The van der Waals surface area contributed by atoms with Crippen molar-refractivity contribution in [2.24, 2.45) is 0 Å². The van der Waals surface area contributed by atoms with Crippen molar-refractivity contribution in [2.45, 2.75) is 44.1 Å². The van der Waals surface area contributed by atoms with Gasteiger partial charge in [-0.15, -0.1) is 0 Å². The van der Waals surface area contributed by atoms with E-state index in [1.54, 1.807) is 0 Å². The van der Waals surface area contributed by atoms with Gasteiger partial charge in [0.1, 0.15) is 18.3 Å². The molecule has 78 valence electrons. The quantitative estimate of drug-likeness (QED) is 0.515. The van der Waals surface area contributed by atoms with Crippen molar-refractivity contribution in [1.29, 1.82) is 0 Å². The molecule has 0 saturated carbocycles. The zero-order valence-corrected chi connectivity index (χ0v) is 7.75. The van der Waals surface area contributed by atoms with Crippen LogP contribution in [0.1, 0.15) is 13.3 Å². The fraction of sp³-hybridized carbons (Fsp3) is 1.00. The summed E-state index contributed by atoms with van der Waals surface area (Å²) in [6.07, 6.45) is -4.23. The summed E-state index contributed by atoms with van der Waals surface area (Å²) in [5, 5.41) is 28.2. The zero-order chi connectivity index (χ0) is 10.0. The lowest BCUT2D eigenvalue weighted by Gasteiger charge is -2.39. The van der Waals surface area contributed by atoms with E-state index >= 15 is 0 Å². The van der Waals surface area contributed by atoms with Crippen LogP contribution in [0.15, 0.2) is 0 Å². The fourth-order valence-corrected chi connectivity index (χ4v) is 1.45. The Morgan fingerprint density at radius 1 is 1.15 bits per heavy atom. The first kappa shape index (κ1) is 10.9. The number of aliphatic hydroxyl groups excluding tert-OH is 3. The van der Waals surface area contributed by atoms with Gasteiger partial charge < -0.3 is 24.8 Å². The molecule has 13 heavy (non-hydrogen) atoms. The second-order valence-electron chi connectivity index (χ2n) is 3.16. The van der Waals surface area contributed by atoms with Gasteiger partial charge in [0, 0.05) is 7.11 Å². The maximum atomic E-state index is 9.43. The molecule has 0 spiro atoms. The number of hydrogen-bond acceptors (Lipinski definition) is 5. The van der Waals surface area contributed by atoms with Gasteiger partial charge in [-0.3, -0.25) is 0 Å². The molecule has 0 radical (unpaired) electrons. The minimum atomic E-state index is -1.20. The van der Waals surface area contributed by atoms with E-state index in [2.05, 4.69) is 0 Å². The first-order valence-corrected chi connectivity index (χ1v) is 4.34. The van der Waals surface area contributed by atoms with E-state index in [0.29, 0.717) is 6.42 Å². The van der Waals surface area contributed by atoms with Gasteiger partial charge in [0.05, 0.1) is 6.10 Å². The Kier molecular flexibility index (Phi) is 3.63. The van der Waals surface area contributed by atoms with Gasteiger partial charge in [-0.1, -0.05) is 6.92 Å². The third-order valence-corrected chi connectivity index (χ3v) is 2.30. The van der Waals surface area contributed by atoms with Gasteiger partial charge in [0.15, 0.2) is 6.29 Å². The van der Waals surface area contributed by atoms with Crippen LogP contribution < -0.4 is 0 Å². The van der Waals surface area contributed by atoms with E-state index in [4.69, 9.17) is 9.47 Å². The van der Waals surface area contributed by atoms with Crippen molar-refractivity contribution >= 4 is 0 Å². The maximum absolute atomic E-state index is 9.43. The van der Waals surface area contributed by atoms with Crippen molar-refractivity contribution in [3.05, 3.63) is 0 Å². The molecule has 1 rings (SSSR count). The Labute approximate surface area is 76.9 Å². The molecule has 3 N–H and O–H groups in total. The Balaban J connectivity index is 2.66. The normalized spacial score (nSPS) is 46.4. The second-order valence-corrected chi connectivity index (χ2v) is 3.16. The van der Waals surface area contributed by atoms with Crippen LogP contribution in [0.25, 0.3) is 0 Å². The van der Waals surface area contributed by atoms with E-state index in [9.17, 15) is 15.3 Å². The lowest BCUT2D eigenvalue weighted by Crippen LogP contribution is -2.57. The summed E-state index contributed by atoms with van der Waals surface area (Å²) in [5.41, 5.74) is 0. The van der Waals surface area contributed by atoms with Gasteiger partial charge in [-0.25, -0.2) is 0 Å². The number of aliphatic hydroxyl groups is 3. The van der Waals surface area contributed by atoms with Gasteiger partial charge in [0.25, 0.3) is 0 Å². The highest BCUT2D eigenvalue weighted by Crippen LogP contribution is 2.23. The maximum Gasteiger partial charge on any atom is 0.186 e. The van der Waals surface area contributed by atoms with Gasteiger partial charge in [0.2, 0.25) is 0 Å². The first-order valence-electron chi connectivity index (χ1n) is 4.34. The Morgan fingerprint density at radius 3 is 2.23 bits per heavy atom. The largest absolute Gasteiger partial charge is 0.388 e. The van der Waals surface area contributed by atoms with Crippen LogP contribution in [0.2, 0.25) is 0 Å². The summed E-state index contributed by atoms with van der Waals surface area (Å²) in [6.45, 7) is 1.82. The van der Waals surface area contributed by atoms with Crippen LogP contribution in [0.4, 0.5) is 0 Å². The Bertz CT molecular complexity index is 143. The molecule has 5 nitrogen and oxygen atoms in total. The highest BCUT2D eigenvalue weighted by molar-refractivity contribution is 4.88. The van der Waals surface area contributed by atoms with Crippen molar-refractivity contribution in [3.63, 3.8) is 0 Å². The number of hydrogen-bond donors (Lipinski definition) is 3. The molecule has 0 aromatic heterocycles. The van der Waals surface area contributed by atoms with E-state index in [1.165, 1.54) is 7.11 Å². The van der Waals surface area contributed by atoms with Crippen LogP contribution in [0.3, 0.4) is 0 Å². The average molecular weight is 192 g/mol. The lowest BCUT2D eigenvalue weighted by molar-refractivity contribution is -0.290. The molecule has 5 heteroatoms. The molecular formula is C8H16O5. The molecule has 1 aliphatic heterocycles. The molecule has 1 heterocycles. The molecule has 0 aliphatic carbocycles. The Morgan fingerprint density at radius 2 is 1.77 bits per heavy atom. The first-order chi connectivity index (χ1) is 6.11. The topological polar surface area (TPSA) is 79.2 Å². The predicted octanol–water partition coefficient (Wildman–Crippen LogP) is -1.15. The highest BCUT2D eigenvalue weighted by atomic mass is 16.7. The average Bonchev–Trinajstić information content (AvgIpc) is 2.15. The van der Waals surface area contributed by atoms with E-state index in [-0.39, 0.29) is 0 Å². The summed E-state index contributed by atoms with van der Waals surface area (Å²) in [4.78, 5) is 0. The standard InChI is InChI=1S/C8H16O5/c1-3-4-5(9)6(10)7(11)8(12-2)13-4/h4-11H,3H2,1-2H3/t4-,5-,6+,7-,8-/m1/s1. The minimum absolute atomic E-state index is 0.483. The Hall–Kier alpha value is -0.200. The van der Waals surface area contributed by atoms with Crippen molar-refractivity contribution in [3.8, 4) is 0 Å². The number of ether oxygens (including phenoxy) is 2. The van der Waals surface area contributed by atoms with Gasteiger partial charge in [-0.05, 0) is 6.42 Å². The van der Waals surface area contributed by atoms with Crippen LogP contribution in [-0.2, 0) is 9.47 Å². The van der Waals surface area contributed by atoms with Gasteiger partial charge in [-0.2, -0.15) is 0 Å². The molecule has 0 bridgehead atoms. The van der Waals surface area contributed by atoms with Crippen molar-refractivity contribution in [1.82, 2.24) is 0 Å². The molecule has 0 amide bonds. The van der Waals surface area contributed by atoms with Crippen molar-refractivity contribution < 1.29 is 24.8 Å².